The number of aromatic carboxylic acids is 1. The van der Waals surface area contributed by atoms with Gasteiger partial charge in [0.15, 0.2) is 5.69 Å². The smallest absolute Gasteiger partial charge is 0.354 e. The minimum Gasteiger partial charge on any atom is -0.477 e. The molecule has 0 bridgehead atoms. The quantitative estimate of drug-likeness (QED) is 0.904. The molecular weight excluding hydrogens is 268 g/mol. The van der Waals surface area contributed by atoms with Crippen LogP contribution in [0.1, 0.15) is 29.8 Å². The van der Waals surface area contributed by atoms with Crippen LogP contribution in [0.15, 0.2) is 30.3 Å². The van der Waals surface area contributed by atoms with Gasteiger partial charge in [0, 0.05) is 12.5 Å². The number of fused-ring (bicyclic) bond motifs is 1. The van der Waals surface area contributed by atoms with Gasteiger partial charge >= 0.3 is 5.97 Å². The summed E-state index contributed by atoms with van der Waals surface area (Å²) < 4.78 is 5.48. The highest BCUT2D eigenvalue weighted by molar-refractivity contribution is 5.97. The van der Waals surface area contributed by atoms with Crippen LogP contribution in [0.5, 0.6) is 0 Å². The van der Waals surface area contributed by atoms with E-state index in [9.17, 15) is 9.90 Å². The number of carbonyl (C=O) groups is 1. The van der Waals surface area contributed by atoms with Crippen LogP contribution < -0.4 is 5.32 Å². The molecular formula is C16H18N2O3. The van der Waals surface area contributed by atoms with Gasteiger partial charge in [-0.15, -0.1) is 0 Å². The van der Waals surface area contributed by atoms with E-state index in [1.54, 1.807) is 13.2 Å². The van der Waals surface area contributed by atoms with Gasteiger partial charge < -0.3 is 15.2 Å². The Labute approximate surface area is 123 Å². The minimum atomic E-state index is -1.02. The first-order valence-corrected chi connectivity index (χ1v) is 7.11. The van der Waals surface area contributed by atoms with E-state index in [-0.39, 0.29) is 17.8 Å². The van der Waals surface area contributed by atoms with Crippen LogP contribution in [0, 0.1) is 0 Å². The number of carboxylic acids is 1. The summed E-state index contributed by atoms with van der Waals surface area (Å²) in [7, 11) is 1.71. The minimum absolute atomic E-state index is 0.0585. The zero-order valence-corrected chi connectivity index (χ0v) is 11.9. The summed E-state index contributed by atoms with van der Waals surface area (Å²) >= 11 is 0. The molecule has 21 heavy (non-hydrogen) atoms. The standard InChI is InChI=1S/C16H18N2O3/c1-21-14-8-4-7-12(14)17-15-11-6-3-2-5-10(11)9-13(18-15)16(19)20/h2-3,5-6,9,12,14H,4,7-8H2,1H3,(H,17,18)(H,19,20). The monoisotopic (exact) mass is 286 g/mol. The fourth-order valence-electron chi connectivity index (χ4n) is 2.97. The molecule has 0 spiro atoms. The number of anilines is 1. The number of benzene rings is 1. The first-order chi connectivity index (χ1) is 10.2. The maximum absolute atomic E-state index is 11.2. The molecule has 1 aromatic carbocycles. The Morgan fingerprint density at radius 2 is 2.19 bits per heavy atom. The van der Waals surface area contributed by atoms with Crippen molar-refractivity contribution in [2.45, 2.75) is 31.4 Å². The van der Waals surface area contributed by atoms with E-state index in [0.29, 0.717) is 5.82 Å². The third-order valence-corrected chi connectivity index (χ3v) is 4.04. The van der Waals surface area contributed by atoms with E-state index < -0.39 is 5.97 Å². The second-order valence-corrected chi connectivity index (χ2v) is 5.34. The Hall–Kier alpha value is -2.14. The molecule has 5 heteroatoms. The number of nitrogens with zero attached hydrogens (tertiary/aromatic N) is 1. The molecule has 110 valence electrons. The molecule has 2 aromatic rings. The van der Waals surface area contributed by atoms with Crippen molar-refractivity contribution in [2.24, 2.45) is 0 Å². The second-order valence-electron chi connectivity index (χ2n) is 5.34. The average molecular weight is 286 g/mol. The van der Waals surface area contributed by atoms with Gasteiger partial charge in [0.25, 0.3) is 0 Å². The summed E-state index contributed by atoms with van der Waals surface area (Å²) in [6.45, 7) is 0. The number of pyridine rings is 1. The summed E-state index contributed by atoms with van der Waals surface area (Å²) in [4.78, 5) is 15.5. The number of methoxy groups -OCH3 is 1. The molecule has 1 aromatic heterocycles. The number of rotatable bonds is 4. The maximum atomic E-state index is 11.2. The van der Waals surface area contributed by atoms with E-state index in [0.717, 1.165) is 30.0 Å². The highest BCUT2D eigenvalue weighted by Crippen LogP contribution is 2.28. The third-order valence-electron chi connectivity index (χ3n) is 4.04. The van der Waals surface area contributed by atoms with E-state index in [1.165, 1.54) is 0 Å². The first kappa shape index (κ1) is 13.8. The lowest BCUT2D eigenvalue weighted by Gasteiger charge is -2.21. The summed E-state index contributed by atoms with van der Waals surface area (Å²) in [5.41, 5.74) is 0.0585. The summed E-state index contributed by atoms with van der Waals surface area (Å²) in [5.74, 6) is -0.391. The number of hydrogen-bond donors (Lipinski definition) is 2. The van der Waals surface area contributed by atoms with Crippen molar-refractivity contribution in [3.8, 4) is 0 Å². The van der Waals surface area contributed by atoms with Gasteiger partial charge in [-0.25, -0.2) is 9.78 Å². The number of nitrogens with one attached hydrogen (secondary N) is 1. The van der Waals surface area contributed by atoms with E-state index in [2.05, 4.69) is 10.3 Å². The Kier molecular flexibility index (Phi) is 3.75. The maximum Gasteiger partial charge on any atom is 0.354 e. The fraction of sp³-hybridized carbons (Fsp3) is 0.375. The molecule has 0 aliphatic heterocycles. The fourth-order valence-corrected chi connectivity index (χ4v) is 2.97. The molecule has 1 aliphatic carbocycles. The van der Waals surface area contributed by atoms with Crippen LogP contribution in [0.4, 0.5) is 5.82 Å². The zero-order valence-electron chi connectivity index (χ0n) is 11.9. The van der Waals surface area contributed by atoms with E-state index >= 15 is 0 Å². The summed E-state index contributed by atoms with van der Waals surface area (Å²) in [6, 6.07) is 9.45. The van der Waals surface area contributed by atoms with Crippen LogP contribution in [0.3, 0.4) is 0 Å². The lowest BCUT2D eigenvalue weighted by atomic mass is 10.1. The van der Waals surface area contributed by atoms with E-state index in [1.807, 2.05) is 24.3 Å². The predicted octanol–water partition coefficient (Wildman–Crippen LogP) is 2.91. The van der Waals surface area contributed by atoms with Crippen molar-refractivity contribution < 1.29 is 14.6 Å². The number of aromatic nitrogens is 1. The van der Waals surface area contributed by atoms with Crippen molar-refractivity contribution in [3.05, 3.63) is 36.0 Å². The van der Waals surface area contributed by atoms with Crippen LogP contribution in [0.2, 0.25) is 0 Å². The second kappa shape index (κ2) is 5.69. The largest absolute Gasteiger partial charge is 0.477 e. The lowest BCUT2D eigenvalue weighted by molar-refractivity contribution is 0.0691. The molecule has 2 atom stereocenters. The van der Waals surface area contributed by atoms with Gasteiger partial charge in [0.05, 0.1) is 12.1 Å². The molecule has 1 aliphatic rings. The van der Waals surface area contributed by atoms with Crippen molar-refractivity contribution in [2.75, 3.05) is 12.4 Å². The Morgan fingerprint density at radius 1 is 1.38 bits per heavy atom. The Bertz CT molecular complexity index is 672. The predicted molar refractivity (Wildman–Crippen MR) is 80.8 cm³/mol. The Balaban J connectivity index is 2.01. The van der Waals surface area contributed by atoms with E-state index in [4.69, 9.17) is 4.74 Å². The zero-order chi connectivity index (χ0) is 14.8. The number of hydrogen-bond acceptors (Lipinski definition) is 4. The normalized spacial score (nSPS) is 21.6. The number of carboxylic acid groups (broad SMARTS) is 1. The molecule has 1 saturated carbocycles. The van der Waals surface area contributed by atoms with Gasteiger partial charge in [0.1, 0.15) is 5.82 Å². The summed E-state index contributed by atoms with van der Waals surface area (Å²) in [5, 5.41) is 14.4. The average Bonchev–Trinajstić information content (AvgIpc) is 2.94. The molecule has 2 unspecified atom stereocenters. The first-order valence-electron chi connectivity index (χ1n) is 7.11. The molecule has 1 fully saturated rings. The lowest BCUT2D eigenvalue weighted by Crippen LogP contribution is -2.30. The molecule has 0 saturated heterocycles. The topological polar surface area (TPSA) is 71.5 Å². The Morgan fingerprint density at radius 3 is 2.95 bits per heavy atom. The molecule has 0 radical (unpaired) electrons. The van der Waals surface area contributed by atoms with Crippen molar-refractivity contribution in [1.29, 1.82) is 0 Å². The molecule has 3 rings (SSSR count). The van der Waals surface area contributed by atoms with Crippen LogP contribution in [0.25, 0.3) is 10.8 Å². The SMILES string of the molecule is COC1CCCC1Nc1nc(C(=O)O)cc2ccccc12. The van der Waals surface area contributed by atoms with Crippen LogP contribution >= 0.6 is 0 Å². The van der Waals surface area contributed by atoms with Crippen molar-refractivity contribution >= 4 is 22.6 Å². The van der Waals surface area contributed by atoms with Crippen LogP contribution in [-0.2, 0) is 4.74 Å². The van der Waals surface area contributed by atoms with Gasteiger partial charge in [-0.2, -0.15) is 0 Å². The molecule has 1 heterocycles. The van der Waals surface area contributed by atoms with Crippen molar-refractivity contribution in [3.63, 3.8) is 0 Å². The van der Waals surface area contributed by atoms with Crippen LogP contribution in [-0.4, -0.2) is 35.3 Å². The molecule has 2 N–H and O–H groups in total. The highest BCUT2D eigenvalue weighted by Gasteiger charge is 2.27. The molecule has 0 amide bonds. The molecule has 5 nitrogen and oxygen atoms in total. The van der Waals surface area contributed by atoms with Gasteiger partial charge in [-0.1, -0.05) is 24.3 Å². The third kappa shape index (κ3) is 2.69. The van der Waals surface area contributed by atoms with Crippen molar-refractivity contribution in [1.82, 2.24) is 4.98 Å². The van der Waals surface area contributed by atoms with Gasteiger partial charge in [0.2, 0.25) is 0 Å². The van der Waals surface area contributed by atoms with Gasteiger partial charge in [-0.05, 0) is 30.7 Å². The summed E-state index contributed by atoms with van der Waals surface area (Å²) in [6.07, 6.45) is 3.28. The number of ether oxygens (including phenoxy) is 1. The van der Waals surface area contributed by atoms with Gasteiger partial charge in [-0.3, -0.25) is 0 Å². The highest BCUT2D eigenvalue weighted by atomic mass is 16.5.